The molecule has 0 aliphatic heterocycles. The Labute approximate surface area is 157 Å². The summed E-state index contributed by atoms with van der Waals surface area (Å²) in [5.41, 5.74) is 2.31. The molecule has 0 unspecified atom stereocenters. The van der Waals surface area contributed by atoms with Crippen molar-refractivity contribution in [3.8, 4) is 0 Å². The van der Waals surface area contributed by atoms with E-state index in [2.05, 4.69) is 5.32 Å². The van der Waals surface area contributed by atoms with E-state index >= 15 is 0 Å². The quantitative estimate of drug-likeness (QED) is 0.734. The van der Waals surface area contributed by atoms with E-state index in [1.807, 2.05) is 30.3 Å². The summed E-state index contributed by atoms with van der Waals surface area (Å²) in [6.07, 6.45) is 0. The molecule has 136 valence electrons. The topological polar surface area (TPSA) is 49.4 Å². The molecule has 3 aromatic carbocycles. The zero-order valence-corrected chi connectivity index (χ0v) is 14.9. The highest BCUT2D eigenvalue weighted by Crippen LogP contribution is 2.13. The Kier molecular flexibility index (Phi) is 5.61. The molecular weight excluding hydrogens is 343 g/mol. The number of hydrogen-bond acceptors (Lipinski definition) is 2. The smallest absolute Gasteiger partial charge is 0.255 e. The molecule has 2 amide bonds. The van der Waals surface area contributed by atoms with Crippen molar-refractivity contribution in [1.82, 2.24) is 4.90 Å². The van der Waals surface area contributed by atoms with Crippen molar-refractivity contribution in [2.45, 2.75) is 6.54 Å². The van der Waals surface area contributed by atoms with Gasteiger partial charge in [0, 0.05) is 30.4 Å². The Balaban J connectivity index is 1.65. The number of nitrogens with one attached hydrogen (secondary N) is 1. The van der Waals surface area contributed by atoms with Crippen LogP contribution in [0.3, 0.4) is 0 Å². The third-order valence-corrected chi connectivity index (χ3v) is 4.09. The molecule has 0 aliphatic rings. The van der Waals surface area contributed by atoms with Crippen LogP contribution in [0.2, 0.25) is 0 Å². The summed E-state index contributed by atoms with van der Waals surface area (Å²) in [4.78, 5) is 26.4. The van der Waals surface area contributed by atoms with E-state index in [1.165, 1.54) is 18.2 Å². The molecule has 0 aliphatic carbocycles. The van der Waals surface area contributed by atoms with Gasteiger partial charge in [-0.25, -0.2) is 4.39 Å². The Hall–Kier alpha value is -3.47. The van der Waals surface area contributed by atoms with Gasteiger partial charge in [0.15, 0.2) is 0 Å². The maximum absolute atomic E-state index is 13.2. The van der Waals surface area contributed by atoms with Crippen LogP contribution in [0.25, 0.3) is 0 Å². The SMILES string of the molecule is CN(Cc1ccccc1)C(=O)c1ccc(C(=O)Nc2cccc(F)c2)cc1. The van der Waals surface area contributed by atoms with Crippen molar-refractivity contribution in [3.63, 3.8) is 0 Å². The second kappa shape index (κ2) is 8.27. The van der Waals surface area contributed by atoms with Crippen LogP contribution in [0.5, 0.6) is 0 Å². The molecule has 0 radical (unpaired) electrons. The first kappa shape index (κ1) is 18.3. The molecular formula is C22H19FN2O2. The fraction of sp³-hybridized carbons (Fsp3) is 0.0909. The van der Waals surface area contributed by atoms with Gasteiger partial charge in [0.05, 0.1) is 0 Å². The molecule has 0 saturated carbocycles. The molecule has 0 fully saturated rings. The van der Waals surface area contributed by atoms with Gasteiger partial charge in [-0.15, -0.1) is 0 Å². The summed E-state index contributed by atoms with van der Waals surface area (Å²) < 4.78 is 13.2. The van der Waals surface area contributed by atoms with E-state index in [0.717, 1.165) is 5.56 Å². The lowest BCUT2D eigenvalue weighted by molar-refractivity contribution is 0.0784. The van der Waals surface area contributed by atoms with Crippen LogP contribution in [0, 0.1) is 5.82 Å². The number of amides is 2. The first-order valence-electron chi connectivity index (χ1n) is 8.49. The molecule has 3 rings (SSSR count). The molecule has 27 heavy (non-hydrogen) atoms. The van der Waals surface area contributed by atoms with Crippen LogP contribution in [0.15, 0.2) is 78.9 Å². The van der Waals surface area contributed by atoms with E-state index < -0.39 is 5.82 Å². The molecule has 4 nitrogen and oxygen atoms in total. The van der Waals surface area contributed by atoms with Crippen molar-refractivity contribution >= 4 is 17.5 Å². The van der Waals surface area contributed by atoms with E-state index in [-0.39, 0.29) is 11.8 Å². The van der Waals surface area contributed by atoms with E-state index in [4.69, 9.17) is 0 Å². The van der Waals surface area contributed by atoms with Crippen molar-refractivity contribution in [2.75, 3.05) is 12.4 Å². The molecule has 5 heteroatoms. The minimum absolute atomic E-state index is 0.129. The summed E-state index contributed by atoms with van der Waals surface area (Å²) in [5.74, 6) is -0.914. The van der Waals surface area contributed by atoms with Gasteiger partial charge in [0.1, 0.15) is 5.82 Å². The average Bonchev–Trinajstić information content (AvgIpc) is 2.68. The first-order valence-corrected chi connectivity index (χ1v) is 8.49. The number of halogens is 1. The van der Waals surface area contributed by atoms with Gasteiger partial charge in [-0.05, 0) is 48.0 Å². The summed E-state index contributed by atoms with van der Waals surface area (Å²) in [7, 11) is 1.74. The van der Waals surface area contributed by atoms with Crippen LogP contribution in [-0.2, 0) is 6.54 Å². The molecule has 1 N–H and O–H groups in total. The zero-order valence-electron chi connectivity index (χ0n) is 14.9. The predicted octanol–water partition coefficient (Wildman–Crippen LogP) is 4.35. The van der Waals surface area contributed by atoms with Gasteiger partial charge in [0.2, 0.25) is 0 Å². The van der Waals surface area contributed by atoms with Crippen molar-refractivity contribution in [2.24, 2.45) is 0 Å². The monoisotopic (exact) mass is 362 g/mol. The summed E-state index contributed by atoms with van der Waals surface area (Å²) >= 11 is 0. The normalized spacial score (nSPS) is 10.3. The number of anilines is 1. The number of rotatable bonds is 5. The third-order valence-electron chi connectivity index (χ3n) is 4.09. The summed E-state index contributed by atoms with van der Waals surface area (Å²) in [6.45, 7) is 0.501. The Morgan fingerprint density at radius 1 is 0.889 bits per heavy atom. The Morgan fingerprint density at radius 2 is 1.56 bits per heavy atom. The lowest BCUT2D eigenvalue weighted by atomic mass is 10.1. The second-order valence-electron chi connectivity index (χ2n) is 6.19. The molecule has 0 bridgehead atoms. The molecule has 3 aromatic rings. The first-order chi connectivity index (χ1) is 13.0. The van der Waals surface area contributed by atoms with Crippen LogP contribution in [-0.4, -0.2) is 23.8 Å². The standard InChI is InChI=1S/C22H19FN2O2/c1-25(15-16-6-3-2-4-7-16)22(27)18-12-10-17(11-13-18)21(26)24-20-9-5-8-19(23)14-20/h2-14H,15H2,1H3,(H,24,26). The van der Waals surface area contributed by atoms with Gasteiger partial charge >= 0.3 is 0 Å². The number of carbonyl (C=O) groups is 2. The van der Waals surface area contributed by atoms with Gasteiger partial charge in [-0.3, -0.25) is 9.59 Å². The second-order valence-corrected chi connectivity index (χ2v) is 6.19. The van der Waals surface area contributed by atoms with Crippen molar-refractivity contribution in [3.05, 3.63) is 101 Å². The highest BCUT2D eigenvalue weighted by Gasteiger charge is 2.13. The van der Waals surface area contributed by atoms with Gasteiger partial charge in [0.25, 0.3) is 11.8 Å². The highest BCUT2D eigenvalue weighted by atomic mass is 19.1. The van der Waals surface area contributed by atoms with Crippen LogP contribution >= 0.6 is 0 Å². The zero-order chi connectivity index (χ0) is 19.2. The van der Waals surface area contributed by atoms with Gasteiger partial charge in [-0.2, -0.15) is 0 Å². The summed E-state index contributed by atoms with van der Waals surface area (Å²) in [6, 6.07) is 21.8. The predicted molar refractivity (Wildman–Crippen MR) is 103 cm³/mol. The van der Waals surface area contributed by atoms with Gasteiger partial charge in [-0.1, -0.05) is 36.4 Å². The average molecular weight is 362 g/mol. The van der Waals surface area contributed by atoms with Crippen LogP contribution in [0.4, 0.5) is 10.1 Å². The Bertz CT molecular complexity index is 940. The maximum Gasteiger partial charge on any atom is 0.255 e. The highest BCUT2D eigenvalue weighted by molar-refractivity contribution is 6.05. The molecule has 0 heterocycles. The maximum atomic E-state index is 13.2. The minimum atomic E-state index is -0.421. The molecule has 0 aromatic heterocycles. The minimum Gasteiger partial charge on any atom is -0.337 e. The van der Waals surface area contributed by atoms with Crippen molar-refractivity contribution in [1.29, 1.82) is 0 Å². The largest absolute Gasteiger partial charge is 0.337 e. The van der Waals surface area contributed by atoms with Gasteiger partial charge < -0.3 is 10.2 Å². The lowest BCUT2D eigenvalue weighted by Gasteiger charge is -2.17. The fourth-order valence-corrected chi connectivity index (χ4v) is 2.68. The fourth-order valence-electron chi connectivity index (χ4n) is 2.68. The van der Waals surface area contributed by atoms with Crippen molar-refractivity contribution < 1.29 is 14.0 Å². The number of nitrogens with zero attached hydrogens (tertiary/aromatic N) is 1. The Morgan fingerprint density at radius 3 is 2.22 bits per heavy atom. The van der Waals surface area contributed by atoms with Crippen LogP contribution in [0.1, 0.15) is 26.3 Å². The number of carbonyl (C=O) groups excluding carboxylic acids is 2. The molecule has 0 spiro atoms. The lowest BCUT2D eigenvalue weighted by Crippen LogP contribution is -2.26. The van der Waals surface area contributed by atoms with E-state index in [1.54, 1.807) is 42.3 Å². The number of benzene rings is 3. The molecule has 0 saturated heterocycles. The summed E-state index contributed by atoms with van der Waals surface area (Å²) in [5, 5.41) is 2.63. The molecule has 0 atom stereocenters. The van der Waals surface area contributed by atoms with Crippen LogP contribution < -0.4 is 5.32 Å². The van der Waals surface area contributed by atoms with E-state index in [0.29, 0.717) is 23.4 Å². The van der Waals surface area contributed by atoms with E-state index in [9.17, 15) is 14.0 Å². The number of hydrogen-bond donors (Lipinski definition) is 1. The third kappa shape index (κ3) is 4.79.